The Balaban J connectivity index is 1.60. The number of hydrogen-bond acceptors (Lipinski definition) is 3. The maximum absolute atomic E-state index is 12.7. The Hall–Kier alpha value is -0.610. The minimum Gasteiger partial charge on any atom is -0.340 e. The van der Waals surface area contributed by atoms with Crippen LogP contribution >= 0.6 is 0 Å². The van der Waals surface area contributed by atoms with Gasteiger partial charge in [-0.25, -0.2) is 0 Å². The average Bonchev–Trinajstić information content (AvgIpc) is 3.31. The van der Waals surface area contributed by atoms with Gasteiger partial charge in [-0.15, -0.1) is 0 Å². The lowest BCUT2D eigenvalue weighted by Gasteiger charge is -2.35. The first-order valence-corrected chi connectivity index (χ1v) is 8.79. The fraction of sp³-hybridized carbons (Fsp3) is 0.941. The summed E-state index contributed by atoms with van der Waals surface area (Å²) >= 11 is 0. The van der Waals surface area contributed by atoms with Crippen molar-refractivity contribution in [2.75, 3.05) is 19.6 Å². The van der Waals surface area contributed by atoms with Crippen LogP contribution in [-0.2, 0) is 4.79 Å². The molecule has 0 bridgehead atoms. The van der Waals surface area contributed by atoms with Gasteiger partial charge in [0.1, 0.15) is 6.04 Å². The first kappa shape index (κ1) is 15.3. The molecule has 1 N–H and O–H groups in total. The minimum absolute atomic E-state index is 0.139. The highest BCUT2D eigenvalue weighted by atomic mass is 16.2. The maximum Gasteiger partial charge on any atom is 0.241 e. The van der Waals surface area contributed by atoms with Crippen molar-refractivity contribution < 1.29 is 4.79 Å². The summed E-state index contributed by atoms with van der Waals surface area (Å²) in [7, 11) is 0. The van der Waals surface area contributed by atoms with Gasteiger partial charge in [0.05, 0.1) is 0 Å². The highest BCUT2D eigenvalue weighted by molar-refractivity contribution is 5.86. The third-order valence-corrected chi connectivity index (χ3v) is 5.51. The summed E-state index contributed by atoms with van der Waals surface area (Å²) in [5.74, 6) is 1.81. The Bertz CT molecular complexity index is 373. The molecule has 120 valence electrons. The molecule has 0 spiro atoms. The van der Waals surface area contributed by atoms with Gasteiger partial charge in [0.2, 0.25) is 5.91 Å². The number of nitrogens with zero attached hydrogens (tertiary/aromatic N) is 2. The number of rotatable bonds is 4. The number of amides is 1. The van der Waals surface area contributed by atoms with Crippen molar-refractivity contribution in [3.8, 4) is 0 Å². The summed E-state index contributed by atoms with van der Waals surface area (Å²) in [5.41, 5.74) is 0. The molecule has 1 saturated carbocycles. The van der Waals surface area contributed by atoms with Gasteiger partial charge in [0, 0.05) is 37.8 Å². The predicted octanol–water partition coefficient (Wildman–Crippen LogP) is 1.70. The summed E-state index contributed by atoms with van der Waals surface area (Å²) in [4.78, 5) is 17.4. The molecule has 1 unspecified atom stereocenters. The molecular formula is C17H31N3O. The highest BCUT2D eigenvalue weighted by Gasteiger charge is 2.52. The quantitative estimate of drug-likeness (QED) is 0.803. The van der Waals surface area contributed by atoms with E-state index in [1.54, 1.807) is 0 Å². The predicted molar refractivity (Wildman–Crippen MR) is 85.1 cm³/mol. The Morgan fingerprint density at radius 2 is 1.76 bits per heavy atom. The van der Waals surface area contributed by atoms with Gasteiger partial charge in [-0.3, -0.25) is 15.0 Å². The molecule has 1 aliphatic carbocycles. The highest BCUT2D eigenvalue weighted by Crippen LogP contribution is 2.40. The van der Waals surface area contributed by atoms with E-state index in [1.165, 1.54) is 12.8 Å². The zero-order valence-corrected chi connectivity index (χ0v) is 14.0. The van der Waals surface area contributed by atoms with Crippen molar-refractivity contribution in [3.05, 3.63) is 0 Å². The van der Waals surface area contributed by atoms with Gasteiger partial charge in [0.15, 0.2) is 0 Å². The summed E-state index contributed by atoms with van der Waals surface area (Å²) in [6.07, 6.45) is 3.75. The maximum atomic E-state index is 12.7. The Kier molecular flexibility index (Phi) is 4.28. The van der Waals surface area contributed by atoms with Crippen molar-refractivity contribution in [3.63, 3.8) is 0 Å². The molecular weight excluding hydrogens is 262 g/mol. The lowest BCUT2D eigenvalue weighted by atomic mass is 9.98. The molecule has 4 nitrogen and oxygen atoms in total. The van der Waals surface area contributed by atoms with E-state index in [9.17, 15) is 4.79 Å². The van der Waals surface area contributed by atoms with Crippen molar-refractivity contribution in [1.82, 2.24) is 15.1 Å². The van der Waals surface area contributed by atoms with E-state index in [0.29, 0.717) is 30.0 Å². The fourth-order valence-corrected chi connectivity index (χ4v) is 3.98. The van der Waals surface area contributed by atoms with Gasteiger partial charge in [-0.05, 0) is 44.9 Å². The van der Waals surface area contributed by atoms with E-state index in [-0.39, 0.29) is 6.04 Å². The van der Waals surface area contributed by atoms with Gasteiger partial charge in [0.25, 0.3) is 0 Å². The summed E-state index contributed by atoms with van der Waals surface area (Å²) in [5, 5.41) is 3.41. The van der Waals surface area contributed by atoms with Crippen LogP contribution in [0.1, 0.15) is 47.0 Å². The molecule has 3 rings (SSSR count). The Morgan fingerprint density at radius 3 is 2.33 bits per heavy atom. The number of nitrogens with one attached hydrogen (secondary N) is 1. The van der Waals surface area contributed by atoms with Crippen LogP contribution in [0.4, 0.5) is 0 Å². The largest absolute Gasteiger partial charge is 0.340 e. The lowest BCUT2D eigenvalue weighted by Crippen LogP contribution is -2.44. The molecule has 0 radical (unpaired) electrons. The second kappa shape index (κ2) is 5.88. The molecule has 2 aliphatic heterocycles. The van der Waals surface area contributed by atoms with Crippen LogP contribution in [0.2, 0.25) is 0 Å². The van der Waals surface area contributed by atoms with E-state index in [4.69, 9.17) is 0 Å². The SMILES string of the molecule is CC(C)C1CCN(C(=O)[C@@H]2N[C@H]2C2CC2)CCN1C(C)C. The number of carbonyl (C=O) groups is 1. The molecule has 3 aliphatic rings. The van der Waals surface area contributed by atoms with Crippen molar-refractivity contribution in [2.24, 2.45) is 11.8 Å². The molecule has 2 saturated heterocycles. The second-order valence-electron chi connectivity index (χ2n) is 7.76. The molecule has 3 fully saturated rings. The molecule has 3 atom stereocenters. The van der Waals surface area contributed by atoms with Gasteiger partial charge < -0.3 is 4.90 Å². The van der Waals surface area contributed by atoms with Crippen LogP contribution in [0.15, 0.2) is 0 Å². The molecule has 0 aromatic rings. The van der Waals surface area contributed by atoms with Crippen molar-refractivity contribution in [2.45, 2.75) is 71.1 Å². The molecule has 4 heteroatoms. The monoisotopic (exact) mass is 293 g/mol. The summed E-state index contributed by atoms with van der Waals surface area (Å²) in [6, 6.07) is 1.81. The van der Waals surface area contributed by atoms with E-state index in [0.717, 1.165) is 32.0 Å². The van der Waals surface area contributed by atoms with Gasteiger partial charge in [-0.1, -0.05) is 13.8 Å². The third-order valence-electron chi connectivity index (χ3n) is 5.51. The van der Waals surface area contributed by atoms with Crippen LogP contribution < -0.4 is 5.32 Å². The molecule has 2 heterocycles. The standard InChI is InChI=1S/C17H31N3O/c1-11(2)14-7-8-19(9-10-20(14)12(3)4)17(21)16-15(18-16)13-5-6-13/h11-16,18H,5-10H2,1-4H3/t14?,15-,16+/m0/s1. The van der Waals surface area contributed by atoms with Gasteiger partial charge in [-0.2, -0.15) is 0 Å². The molecule has 21 heavy (non-hydrogen) atoms. The van der Waals surface area contributed by atoms with Crippen LogP contribution in [0.25, 0.3) is 0 Å². The Labute approximate surface area is 129 Å². The molecule has 1 amide bonds. The van der Waals surface area contributed by atoms with Crippen LogP contribution in [-0.4, -0.2) is 59.5 Å². The smallest absolute Gasteiger partial charge is 0.241 e. The first-order valence-electron chi connectivity index (χ1n) is 8.79. The van der Waals surface area contributed by atoms with Crippen LogP contribution in [0.5, 0.6) is 0 Å². The molecule has 0 aromatic heterocycles. The zero-order chi connectivity index (χ0) is 15.1. The lowest BCUT2D eigenvalue weighted by molar-refractivity contribution is -0.130. The fourth-order valence-electron chi connectivity index (χ4n) is 3.98. The third kappa shape index (κ3) is 3.26. The summed E-state index contributed by atoms with van der Waals surface area (Å²) < 4.78 is 0. The van der Waals surface area contributed by atoms with Crippen LogP contribution in [0, 0.1) is 11.8 Å². The topological polar surface area (TPSA) is 45.5 Å². The average molecular weight is 293 g/mol. The first-order chi connectivity index (χ1) is 9.99. The second-order valence-corrected chi connectivity index (χ2v) is 7.76. The van der Waals surface area contributed by atoms with E-state index >= 15 is 0 Å². The van der Waals surface area contributed by atoms with E-state index < -0.39 is 0 Å². The minimum atomic E-state index is 0.139. The Morgan fingerprint density at radius 1 is 1.05 bits per heavy atom. The van der Waals surface area contributed by atoms with Gasteiger partial charge >= 0.3 is 0 Å². The normalized spacial score (nSPS) is 34.4. The van der Waals surface area contributed by atoms with Crippen molar-refractivity contribution >= 4 is 5.91 Å². The van der Waals surface area contributed by atoms with Crippen LogP contribution in [0.3, 0.4) is 0 Å². The summed E-state index contributed by atoms with van der Waals surface area (Å²) in [6.45, 7) is 12.0. The molecule has 0 aromatic carbocycles. The van der Waals surface area contributed by atoms with Crippen molar-refractivity contribution in [1.29, 1.82) is 0 Å². The van der Waals surface area contributed by atoms with E-state index in [2.05, 4.69) is 42.8 Å². The van der Waals surface area contributed by atoms with E-state index in [1.807, 2.05) is 0 Å². The number of carbonyl (C=O) groups excluding carboxylic acids is 1. The zero-order valence-electron chi connectivity index (χ0n) is 14.0. The number of hydrogen-bond donors (Lipinski definition) is 1.